The molecule has 0 aliphatic carbocycles. The Morgan fingerprint density at radius 1 is 1.33 bits per heavy atom. The van der Waals surface area contributed by atoms with Crippen LogP contribution in [0, 0.1) is 18.6 Å². The van der Waals surface area contributed by atoms with Gasteiger partial charge in [0.1, 0.15) is 11.6 Å². The summed E-state index contributed by atoms with van der Waals surface area (Å²) in [4.78, 5) is 0. The van der Waals surface area contributed by atoms with Crippen molar-refractivity contribution in [2.45, 2.75) is 38.3 Å². The van der Waals surface area contributed by atoms with Crippen LogP contribution in [0.5, 0.6) is 0 Å². The second kappa shape index (κ2) is 5.76. The van der Waals surface area contributed by atoms with E-state index in [4.69, 9.17) is 4.74 Å². The Morgan fingerprint density at radius 3 is 2.72 bits per heavy atom. The van der Waals surface area contributed by atoms with Crippen LogP contribution >= 0.6 is 0 Å². The van der Waals surface area contributed by atoms with Gasteiger partial charge in [0.2, 0.25) is 0 Å². The highest BCUT2D eigenvalue weighted by Gasteiger charge is 2.29. The molecule has 1 saturated heterocycles. The number of ether oxygens (including phenoxy) is 1. The van der Waals surface area contributed by atoms with E-state index >= 15 is 0 Å². The fourth-order valence-corrected chi connectivity index (χ4v) is 2.51. The number of aryl methyl sites for hydroxylation is 1. The van der Waals surface area contributed by atoms with Gasteiger partial charge >= 0.3 is 0 Å². The molecule has 2 rings (SSSR count). The van der Waals surface area contributed by atoms with E-state index in [2.05, 4.69) is 5.32 Å². The molecule has 2 unspecified atom stereocenters. The Kier molecular flexibility index (Phi) is 4.30. The summed E-state index contributed by atoms with van der Waals surface area (Å²) in [5.41, 5.74) is 0.562. The van der Waals surface area contributed by atoms with Gasteiger partial charge in [-0.3, -0.25) is 0 Å². The molecule has 0 saturated carbocycles. The molecule has 2 nitrogen and oxygen atoms in total. The van der Waals surface area contributed by atoms with Gasteiger partial charge in [0.15, 0.2) is 0 Å². The summed E-state index contributed by atoms with van der Waals surface area (Å²) in [7, 11) is 1.71. The van der Waals surface area contributed by atoms with Crippen molar-refractivity contribution >= 4 is 0 Å². The number of rotatable bonds is 3. The summed E-state index contributed by atoms with van der Waals surface area (Å²) in [5, 5.41) is 2.99. The SMILES string of the molecule is CNC(c1c(F)ccc(C)c1F)C1CCCCO1. The lowest BCUT2D eigenvalue weighted by Crippen LogP contribution is -2.35. The van der Waals surface area contributed by atoms with Gasteiger partial charge in [0, 0.05) is 12.2 Å². The number of hydrogen-bond donors (Lipinski definition) is 1. The number of hydrogen-bond acceptors (Lipinski definition) is 2. The molecule has 1 fully saturated rings. The Morgan fingerprint density at radius 2 is 2.11 bits per heavy atom. The number of likely N-dealkylation sites (N-methyl/N-ethyl adjacent to an activating group) is 1. The minimum atomic E-state index is -0.508. The molecule has 0 spiro atoms. The Balaban J connectivity index is 2.34. The van der Waals surface area contributed by atoms with Crippen LogP contribution in [-0.2, 0) is 4.74 Å². The highest BCUT2D eigenvalue weighted by atomic mass is 19.1. The summed E-state index contributed by atoms with van der Waals surface area (Å²) in [6.07, 6.45) is 2.73. The molecular weight excluding hydrogens is 236 g/mol. The largest absolute Gasteiger partial charge is 0.376 e. The quantitative estimate of drug-likeness (QED) is 0.896. The predicted octanol–water partition coefficient (Wildman–Crippen LogP) is 3.10. The Labute approximate surface area is 106 Å². The van der Waals surface area contributed by atoms with Crippen LogP contribution in [0.1, 0.15) is 36.4 Å². The number of benzene rings is 1. The van der Waals surface area contributed by atoms with Crippen molar-refractivity contribution in [3.63, 3.8) is 0 Å². The van der Waals surface area contributed by atoms with Crippen LogP contribution in [0.15, 0.2) is 12.1 Å². The minimum absolute atomic E-state index is 0.101. The van der Waals surface area contributed by atoms with E-state index in [1.165, 1.54) is 12.1 Å². The minimum Gasteiger partial charge on any atom is -0.376 e. The highest BCUT2D eigenvalue weighted by molar-refractivity contribution is 5.30. The van der Waals surface area contributed by atoms with E-state index in [1.54, 1.807) is 14.0 Å². The summed E-state index contributed by atoms with van der Waals surface area (Å²) in [6.45, 7) is 2.31. The van der Waals surface area contributed by atoms with Crippen LogP contribution in [0.4, 0.5) is 8.78 Å². The van der Waals surface area contributed by atoms with Gasteiger partial charge < -0.3 is 10.1 Å². The van der Waals surface area contributed by atoms with Crippen LogP contribution < -0.4 is 5.32 Å². The van der Waals surface area contributed by atoms with Crippen molar-refractivity contribution in [2.24, 2.45) is 0 Å². The molecule has 4 heteroatoms. The molecule has 0 amide bonds. The summed E-state index contributed by atoms with van der Waals surface area (Å²) in [5.74, 6) is -0.977. The third kappa shape index (κ3) is 2.54. The molecule has 1 aliphatic rings. The molecular formula is C14H19F2NO. The molecule has 2 atom stereocenters. The van der Waals surface area contributed by atoms with Crippen LogP contribution in [-0.4, -0.2) is 19.8 Å². The van der Waals surface area contributed by atoms with E-state index < -0.39 is 17.7 Å². The molecule has 100 valence electrons. The molecule has 1 aromatic rings. The lowest BCUT2D eigenvalue weighted by atomic mass is 9.94. The first-order valence-electron chi connectivity index (χ1n) is 6.38. The molecule has 0 aromatic heterocycles. The van der Waals surface area contributed by atoms with E-state index in [0.717, 1.165) is 19.3 Å². The molecule has 0 bridgehead atoms. The second-order valence-corrected chi connectivity index (χ2v) is 4.76. The first-order valence-corrected chi connectivity index (χ1v) is 6.38. The van der Waals surface area contributed by atoms with Gasteiger partial charge in [0.05, 0.1) is 12.1 Å². The van der Waals surface area contributed by atoms with Gasteiger partial charge in [-0.2, -0.15) is 0 Å². The molecule has 1 heterocycles. The summed E-state index contributed by atoms with van der Waals surface area (Å²) in [6, 6.07) is 2.36. The monoisotopic (exact) mass is 255 g/mol. The average Bonchev–Trinajstić information content (AvgIpc) is 2.40. The predicted molar refractivity (Wildman–Crippen MR) is 66.5 cm³/mol. The van der Waals surface area contributed by atoms with E-state index in [9.17, 15) is 8.78 Å². The average molecular weight is 255 g/mol. The van der Waals surface area contributed by atoms with Gasteiger partial charge in [-0.05, 0) is 44.9 Å². The van der Waals surface area contributed by atoms with Crippen molar-refractivity contribution in [1.82, 2.24) is 5.32 Å². The van der Waals surface area contributed by atoms with E-state index in [0.29, 0.717) is 12.2 Å². The first-order chi connectivity index (χ1) is 8.65. The zero-order valence-corrected chi connectivity index (χ0v) is 10.8. The Bertz CT molecular complexity index is 417. The number of nitrogens with one attached hydrogen (secondary N) is 1. The smallest absolute Gasteiger partial charge is 0.133 e. The molecule has 0 radical (unpaired) electrons. The zero-order valence-electron chi connectivity index (χ0n) is 10.8. The third-order valence-corrected chi connectivity index (χ3v) is 3.53. The molecule has 1 aromatic carbocycles. The van der Waals surface area contributed by atoms with Crippen molar-refractivity contribution in [1.29, 1.82) is 0 Å². The highest BCUT2D eigenvalue weighted by Crippen LogP contribution is 2.30. The lowest BCUT2D eigenvalue weighted by molar-refractivity contribution is -0.00808. The Hall–Kier alpha value is -1.00. The summed E-state index contributed by atoms with van der Waals surface area (Å²) < 4.78 is 33.6. The molecule has 1 N–H and O–H groups in total. The van der Waals surface area contributed by atoms with Crippen molar-refractivity contribution in [2.75, 3.05) is 13.7 Å². The van der Waals surface area contributed by atoms with E-state index in [-0.39, 0.29) is 11.7 Å². The second-order valence-electron chi connectivity index (χ2n) is 4.76. The van der Waals surface area contributed by atoms with Crippen molar-refractivity contribution in [3.8, 4) is 0 Å². The maximum Gasteiger partial charge on any atom is 0.133 e. The maximum atomic E-state index is 14.1. The van der Waals surface area contributed by atoms with E-state index in [1.807, 2.05) is 0 Å². The fraction of sp³-hybridized carbons (Fsp3) is 0.571. The summed E-state index contributed by atoms with van der Waals surface area (Å²) >= 11 is 0. The standard InChI is InChI=1S/C14H19F2NO/c1-9-6-7-10(15)12(13(9)16)14(17-2)11-5-3-4-8-18-11/h6-7,11,14,17H,3-5,8H2,1-2H3. The normalized spacial score (nSPS) is 21.9. The van der Waals surface area contributed by atoms with Gasteiger partial charge in [0.25, 0.3) is 0 Å². The van der Waals surface area contributed by atoms with Crippen LogP contribution in [0.2, 0.25) is 0 Å². The lowest BCUT2D eigenvalue weighted by Gasteiger charge is -2.31. The number of halogens is 2. The van der Waals surface area contributed by atoms with Gasteiger partial charge in [-0.1, -0.05) is 6.07 Å². The maximum absolute atomic E-state index is 14.1. The molecule has 18 heavy (non-hydrogen) atoms. The third-order valence-electron chi connectivity index (χ3n) is 3.53. The van der Waals surface area contributed by atoms with Crippen molar-refractivity contribution in [3.05, 3.63) is 34.9 Å². The fourth-order valence-electron chi connectivity index (χ4n) is 2.51. The van der Waals surface area contributed by atoms with Crippen molar-refractivity contribution < 1.29 is 13.5 Å². The van der Waals surface area contributed by atoms with Crippen LogP contribution in [0.3, 0.4) is 0 Å². The molecule has 1 aliphatic heterocycles. The van der Waals surface area contributed by atoms with Gasteiger partial charge in [-0.15, -0.1) is 0 Å². The topological polar surface area (TPSA) is 21.3 Å². The zero-order chi connectivity index (χ0) is 13.1. The van der Waals surface area contributed by atoms with Gasteiger partial charge in [-0.25, -0.2) is 8.78 Å². The first kappa shape index (κ1) is 13.4. The van der Waals surface area contributed by atoms with Crippen LogP contribution in [0.25, 0.3) is 0 Å².